The van der Waals surface area contributed by atoms with Gasteiger partial charge >= 0.3 is 0 Å². The van der Waals surface area contributed by atoms with Crippen molar-refractivity contribution in [1.82, 2.24) is 0 Å². The molecular formula is C4H10N2. The lowest BCUT2D eigenvalue weighted by atomic mass is 10.3. The Hall–Kier alpha value is -0.500. The Morgan fingerprint density at radius 1 is 1.83 bits per heavy atom. The summed E-state index contributed by atoms with van der Waals surface area (Å²) >= 11 is 0. The van der Waals surface area contributed by atoms with Crippen molar-refractivity contribution in [2.45, 2.75) is 13.0 Å². The van der Waals surface area contributed by atoms with Gasteiger partial charge in [0.05, 0.1) is 0 Å². The Kier molecular flexibility index (Phi) is 1.67. The summed E-state index contributed by atoms with van der Waals surface area (Å²) in [6.45, 7) is 5.20. The fraction of sp³-hybridized carbons (Fsp3) is 0.500. The molecule has 0 aromatic carbocycles. The highest BCUT2D eigenvalue weighted by Gasteiger charge is 1.88. The average Bonchev–Trinajstić information content (AvgIpc) is 1.36. The molecule has 1 unspecified atom stereocenters. The van der Waals surface area contributed by atoms with Crippen LogP contribution < -0.4 is 11.5 Å². The molecule has 0 aromatic rings. The van der Waals surface area contributed by atoms with Gasteiger partial charge in [-0.2, -0.15) is 0 Å². The predicted octanol–water partition coefficient (Wildman–Crippen LogP) is -0.194. The van der Waals surface area contributed by atoms with Gasteiger partial charge in [-0.05, 0) is 6.92 Å². The van der Waals surface area contributed by atoms with Gasteiger partial charge < -0.3 is 11.5 Å². The smallest absolute Gasteiger partial charge is 0.0407 e. The van der Waals surface area contributed by atoms with Crippen molar-refractivity contribution in [1.29, 1.82) is 0 Å². The second kappa shape index (κ2) is 1.82. The van der Waals surface area contributed by atoms with Crippen LogP contribution in [0.4, 0.5) is 0 Å². The summed E-state index contributed by atoms with van der Waals surface area (Å²) in [5, 5.41) is 0. The Morgan fingerprint density at radius 2 is 2.00 bits per heavy atom. The maximum Gasteiger partial charge on any atom is 0.0407 e. The molecule has 0 fully saturated rings. The molecule has 36 valence electrons. The molecule has 0 aliphatic heterocycles. The van der Waals surface area contributed by atoms with Crippen molar-refractivity contribution < 1.29 is 0 Å². The third-order valence-electron chi connectivity index (χ3n) is 0.585. The molecule has 1 atom stereocenters. The first-order valence-corrected chi connectivity index (χ1v) is 1.84. The number of hydrogen-bond donors (Lipinski definition) is 2. The number of nitrogens with two attached hydrogens (primary N) is 2. The average molecular weight is 86.1 g/mol. The molecule has 0 aliphatic rings. The van der Waals surface area contributed by atoms with Crippen molar-refractivity contribution in [3.8, 4) is 0 Å². The lowest BCUT2D eigenvalue weighted by Gasteiger charge is -1.98. The van der Waals surface area contributed by atoms with Crippen LogP contribution >= 0.6 is 0 Å². The zero-order chi connectivity index (χ0) is 5.15. The van der Waals surface area contributed by atoms with Gasteiger partial charge in [-0.3, -0.25) is 0 Å². The quantitative estimate of drug-likeness (QED) is 0.464. The molecule has 0 aromatic heterocycles. The van der Waals surface area contributed by atoms with Gasteiger partial charge in [0.15, 0.2) is 0 Å². The monoisotopic (exact) mass is 86.1 g/mol. The van der Waals surface area contributed by atoms with Crippen LogP contribution in [0.25, 0.3) is 0 Å². The highest BCUT2D eigenvalue weighted by atomic mass is 14.7. The minimum absolute atomic E-state index is 0.0648. The molecule has 0 heterocycles. The van der Waals surface area contributed by atoms with Gasteiger partial charge in [-0.15, -0.1) is 0 Å². The highest BCUT2D eigenvalue weighted by molar-refractivity contribution is 4.94. The van der Waals surface area contributed by atoms with E-state index in [4.69, 9.17) is 11.5 Å². The first-order chi connectivity index (χ1) is 2.64. The second-order valence-electron chi connectivity index (χ2n) is 1.36. The van der Waals surface area contributed by atoms with Crippen molar-refractivity contribution in [3.05, 3.63) is 12.3 Å². The molecule has 0 amide bonds. The Bertz CT molecular complexity index is 56.6. The molecule has 0 radical (unpaired) electrons. The summed E-state index contributed by atoms with van der Waals surface area (Å²) in [7, 11) is 0. The topological polar surface area (TPSA) is 52.0 Å². The maximum atomic E-state index is 5.21. The molecule has 0 spiro atoms. The summed E-state index contributed by atoms with van der Waals surface area (Å²) < 4.78 is 0. The van der Waals surface area contributed by atoms with E-state index in [9.17, 15) is 0 Å². The normalized spacial score (nSPS) is 13.7. The summed E-state index contributed by atoms with van der Waals surface area (Å²) in [5.41, 5.74) is 10.9. The minimum atomic E-state index is -0.0648. The van der Waals surface area contributed by atoms with Gasteiger partial charge in [-0.1, -0.05) is 6.58 Å². The van der Waals surface area contributed by atoms with Crippen LogP contribution in [0.3, 0.4) is 0 Å². The largest absolute Gasteiger partial charge is 0.401 e. The van der Waals surface area contributed by atoms with Crippen molar-refractivity contribution in [2.24, 2.45) is 11.5 Å². The van der Waals surface area contributed by atoms with E-state index in [0.29, 0.717) is 5.70 Å². The van der Waals surface area contributed by atoms with E-state index in [0.717, 1.165) is 0 Å². The SMILES string of the molecule is C=C(N)C(C)N. The molecular weight excluding hydrogens is 76.1 g/mol. The van der Waals surface area contributed by atoms with Crippen LogP contribution in [0, 0.1) is 0 Å². The Balaban J connectivity index is 3.26. The lowest BCUT2D eigenvalue weighted by molar-refractivity contribution is 0.852. The summed E-state index contributed by atoms with van der Waals surface area (Å²) in [6, 6.07) is -0.0648. The first kappa shape index (κ1) is 5.50. The highest BCUT2D eigenvalue weighted by Crippen LogP contribution is 1.79. The van der Waals surface area contributed by atoms with E-state index < -0.39 is 0 Å². The molecule has 0 rings (SSSR count). The van der Waals surface area contributed by atoms with Crippen molar-refractivity contribution in [2.75, 3.05) is 0 Å². The second-order valence-corrected chi connectivity index (χ2v) is 1.36. The fourth-order valence-electron chi connectivity index (χ4n) is 0. The summed E-state index contributed by atoms with van der Waals surface area (Å²) in [6.07, 6.45) is 0. The molecule has 0 bridgehead atoms. The van der Waals surface area contributed by atoms with E-state index in [1.165, 1.54) is 0 Å². The maximum absolute atomic E-state index is 5.21. The van der Waals surface area contributed by atoms with Gasteiger partial charge in [0, 0.05) is 11.7 Å². The van der Waals surface area contributed by atoms with Gasteiger partial charge in [-0.25, -0.2) is 0 Å². The van der Waals surface area contributed by atoms with E-state index in [1.807, 2.05) is 0 Å². The van der Waals surface area contributed by atoms with Crippen molar-refractivity contribution in [3.63, 3.8) is 0 Å². The van der Waals surface area contributed by atoms with E-state index >= 15 is 0 Å². The van der Waals surface area contributed by atoms with E-state index in [2.05, 4.69) is 6.58 Å². The zero-order valence-electron chi connectivity index (χ0n) is 3.94. The summed E-state index contributed by atoms with van der Waals surface area (Å²) in [4.78, 5) is 0. The number of rotatable bonds is 1. The van der Waals surface area contributed by atoms with E-state index in [-0.39, 0.29) is 6.04 Å². The predicted molar refractivity (Wildman–Crippen MR) is 27.0 cm³/mol. The van der Waals surface area contributed by atoms with Crippen molar-refractivity contribution >= 4 is 0 Å². The van der Waals surface area contributed by atoms with Crippen LogP contribution in [-0.4, -0.2) is 6.04 Å². The van der Waals surface area contributed by atoms with Crippen LogP contribution in [0.15, 0.2) is 12.3 Å². The standard InChI is InChI=1S/C4H10N2/c1-3(5)4(2)6/h4H,1,5-6H2,2H3. The lowest BCUT2D eigenvalue weighted by Crippen LogP contribution is -2.22. The molecule has 0 saturated heterocycles. The van der Waals surface area contributed by atoms with Crippen LogP contribution in [0.2, 0.25) is 0 Å². The van der Waals surface area contributed by atoms with E-state index in [1.54, 1.807) is 6.92 Å². The third kappa shape index (κ3) is 1.79. The van der Waals surface area contributed by atoms with Crippen LogP contribution in [0.5, 0.6) is 0 Å². The van der Waals surface area contributed by atoms with Gasteiger partial charge in [0.1, 0.15) is 0 Å². The molecule has 2 nitrogen and oxygen atoms in total. The molecule has 4 N–H and O–H groups in total. The van der Waals surface area contributed by atoms with Crippen LogP contribution in [0.1, 0.15) is 6.92 Å². The third-order valence-corrected chi connectivity index (χ3v) is 0.585. The van der Waals surface area contributed by atoms with Gasteiger partial charge in [0.2, 0.25) is 0 Å². The Labute approximate surface area is 37.8 Å². The molecule has 0 saturated carbocycles. The summed E-state index contributed by atoms with van der Waals surface area (Å²) in [5.74, 6) is 0. The number of hydrogen-bond acceptors (Lipinski definition) is 2. The first-order valence-electron chi connectivity index (χ1n) is 1.84. The Morgan fingerprint density at radius 3 is 2.00 bits per heavy atom. The molecule has 6 heavy (non-hydrogen) atoms. The molecule has 0 aliphatic carbocycles. The fourth-order valence-corrected chi connectivity index (χ4v) is 0. The molecule has 2 heteroatoms. The minimum Gasteiger partial charge on any atom is -0.401 e. The van der Waals surface area contributed by atoms with Gasteiger partial charge in [0.25, 0.3) is 0 Å². The zero-order valence-corrected chi connectivity index (χ0v) is 3.94. The van der Waals surface area contributed by atoms with Crippen LogP contribution in [-0.2, 0) is 0 Å².